The minimum absolute atomic E-state index is 0. The van der Waals surface area contributed by atoms with Gasteiger partial charge in [0.15, 0.2) is 0 Å². The highest BCUT2D eigenvalue weighted by molar-refractivity contribution is 5.85. The van der Waals surface area contributed by atoms with Crippen LogP contribution in [0.25, 0.3) is 0 Å². The molecule has 2 aliphatic carbocycles. The molecule has 0 radical (unpaired) electrons. The molecule has 156 valence electrons. The van der Waals surface area contributed by atoms with Crippen molar-refractivity contribution in [3.63, 3.8) is 0 Å². The molecule has 2 saturated carbocycles. The maximum absolute atomic E-state index is 12.6. The van der Waals surface area contributed by atoms with E-state index < -0.39 is 0 Å². The Hall–Kier alpha value is -1.26. The van der Waals surface area contributed by atoms with E-state index in [9.17, 15) is 4.79 Å². The third-order valence-corrected chi connectivity index (χ3v) is 6.37. The standard InChI is InChI=1S/C23H34N2O2.ClH/c26-23(25-14-12-20(13-15-25)24-17-19-8-9-19)11-10-18-4-3-7-22(16-18)27-21-5-1-2-6-21;/h3-4,7,16,19-21,24H,1-2,5-6,8-15,17H2;1H. The molecule has 1 heterocycles. The zero-order valence-corrected chi connectivity index (χ0v) is 17.7. The van der Waals surface area contributed by atoms with E-state index in [4.69, 9.17) is 4.74 Å². The second-order valence-corrected chi connectivity index (χ2v) is 8.68. The Balaban J connectivity index is 0.00000225. The van der Waals surface area contributed by atoms with Gasteiger partial charge in [0.2, 0.25) is 5.91 Å². The fraction of sp³-hybridized carbons (Fsp3) is 0.696. The van der Waals surface area contributed by atoms with E-state index >= 15 is 0 Å². The lowest BCUT2D eigenvalue weighted by molar-refractivity contribution is -0.132. The fourth-order valence-corrected chi connectivity index (χ4v) is 4.37. The van der Waals surface area contributed by atoms with E-state index in [-0.39, 0.29) is 12.4 Å². The number of hydrogen-bond donors (Lipinski definition) is 1. The Kier molecular flexibility index (Phi) is 8.04. The van der Waals surface area contributed by atoms with Gasteiger partial charge >= 0.3 is 0 Å². The highest BCUT2D eigenvalue weighted by Gasteiger charge is 2.25. The van der Waals surface area contributed by atoms with Crippen LogP contribution in [0.15, 0.2) is 24.3 Å². The van der Waals surface area contributed by atoms with E-state index in [1.54, 1.807) is 0 Å². The first-order valence-electron chi connectivity index (χ1n) is 11.0. The number of piperidine rings is 1. The first kappa shape index (κ1) is 21.4. The summed E-state index contributed by atoms with van der Waals surface area (Å²) >= 11 is 0. The van der Waals surface area contributed by atoms with Crippen LogP contribution in [0, 0.1) is 5.92 Å². The van der Waals surface area contributed by atoms with Gasteiger partial charge in [-0.15, -0.1) is 12.4 Å². The van der Waals surface area contributed by atoms with Crippen LogP contribution in [0.2, 0.25) is 0 Å². The van der Waals surface area contributed by atoms with Gasteiger partial charge < -0.3 is 15.0 Å². The number of carbonyl (C=O) groups excluding carboxylic acids is 1. The van der Waals surface area contributed by atoms with Crippen LogP contribution in [0.4, 0.5) is 0 Å². The summed E-state index contributed by atoms with van der Waals surface area (Å²) < 4.78 is 6.09. The summed E-state index contributed by atoms with van der Waals surface area (Å²) in [5.74, 6) is 2.20. The molecule has 0 unspecified atom stereocenters. The van der Waals surface area contributed by atoms with Crippen molar-refractivity contribution in [1.82, 2.24) is 10.2 Å². The molecule has 5 heteroatoms. The van der Waals surface area contributed by atoms with Crippen LogP contribution in [0.5, 0.6) is 5.75 Å². The van der Waals surface area contributed by atoms with Crippen molar-refractivity contribution < 1.29 is 9.53 Å². The molecule has 0 aromatic heterocycles. The molecule has 1 aliphatic heterocycles. The number of amides is 1. The Bertz CT molecular complexity index is 621. The van der Waals surface area contributed by atoms with Gasteiger partial charge in [0.05, 0.1) is 6.10 Å². The summed E-state index contributed by atoms with van der Waals surface area (Å²) in [6.07, 6.45) is 11.7. The molecule has 0 spiro atoms. The summed E-state index contributed by atoms with van der Waals surface area (Å²) in [4.78, 5) is 14.7. The maximum Gasteiger partial charge on any atom is 0.222 e. The number of halogens is 1. The van der Waals surface area contributed by atoms with E-state index in [0.717, 1.165) is 44.0 Å². The van der Waals surface area contributed by atoms with Crippen molar-refractivity contribution in [3.05, 3.63) is 29.8 Å². The van der Waals surface area contributed by atoms with Crippen molar-refractivity contribution in [2.24, 2.45) is 5.92 Å². The van der Waals surface area contributed by atoms with Crippen molar-refractivity contribution >= 4 is 18.3 Å². The normalized spacial score (nSPS) is 20.8. The molecule has 4 nitrogen and oxygen atoms in total. The molecule has 28 heavy (non-hydrogen) atoms. The van der Waals surface area contributed by atoms with Crippen molar-refractivity contribution in [1.29, 1.82) is 0 Å². The van der Waals surface area contributed by atoms with Crippen molar-refractivity contribution in [3.8, 4) is 5.75 Å². The third-order valence-electron chi connectivity index (χ3n) is 6.37. The highest BCUT2D eigenvalue weighted by Crippen LogP contribution is 2.28. The van der Waals surface area contributed by atoms with Gasteiger partial charge in [0.25, 0.3) is 0 Å². The first-order chi connectivity index (χ1) is 13.3. The minimum atomic E-state index is 0. The molecule has 3 fully saturated rings. The number of rotatable bonds is 8. The molecule has 1 aromatic rings. The summed E-state index contributed by atoms with van der Waals surface area (Å²) in [5.41, 5.74) is 1.21. The number of likely N-dealkylation sites (tertiary alicyclic amines) is 1. The van der Waals surface area contributed by atoms with E-state index in [1.807, 2.05) is 6.07 Å². The Labute approximate surface area is 175 Å². The fourth-order valence-electron chi connectivity index (χ4n) is 4.37. The topological polar surface area (TPSA) is 41.6 Å². The van der Waals surface area contributed by atoms with E-state index in [2.05, 4.69) is 28.4 Å². The van der Waals surface area contributed by atoms with Gasteiger partial charge in [-0.05, 0) is 87.9 Å². The number of nitrogens with one attached hydrogen (secondary N) is 1. The average molecular weight is 407 g/mol. The zero-order valence-electron chi connectivity index (χ0n) is 16.9. The summed E-state index contributed by atoms with van der Waals surface area (Å²) in [5, 5.41) is 3.68. The predicted octanol–water partition coefficient (Wildman–Crippen LogP) is 4.35. The Morgan fingerprint density at radius 3 is 2.54 bits per heavy atom. The van der Waals surface area contributed by atoms with E-state index in [0.29, 0.717) is 24.5 Å². The first-order valence-corrected chi connectivity index (χ1v) is 11.0. The lowest BCUT2D eigenvalue weighted by Gasteiger charge is -2.32. The number of benzene rings is 1. The van der Waals surface area contributed by atoms with Gasteiger partial charge in [0.1, 0.15) is 5.75 Å². The molecule has 3 aliphatic rings. The van der Waals surface area contributed by atoms with Crippen LogP contribution in [-0.4, -0.2) is 42.6 Å². The molecule has 0 atom stereocenters. The van der Waals surface area contributed by atoms with Crippen LogP contribution < -0.4 is 10.1 Å². The van der Waals surface area contributed by atoms with Gasteiger partial charge in [-0.1, -0.05) is 12.1 Å². The third kappa shape index (κ3) is 6.38. The number of nitrogens with zero attached hydrogens (tertiary/aromatic N) is 1. The van der Waals surface area contributed by atoms with Crippen LogP contribution in [-0.2, 0) is 11.2 Å². The number of hydrogen-bond acceptors (Lipinski definition) is 3. The van der Waals surface area contributed by atoms with Gasteiger partial charge in [-0.3, -0.25) is 4.79 Å². The number of carbonyl (C=O) groups is 1. The van der Waals surface area contributed by atoms with Gasteiger partial charge in [0, 0.05) is 25.6 Å². The van der Waals surface area contributed by atoms with Gasteiger partial charge in [-0.2, -0.15) is 0 Å². The molecule has 0 bridgehead atoms. The predicted molar refractivity (Wildman–Crippen MR) is 115 cm³/mol. The highest BCUT2D eigenvalue weighted by atomic mass is 35.5. The lowest BCUT2D eigenvalue weighted by Crippen LogP contribution is -2.45. The smallest absolute Gasteiger partial charge is 0.222 e. The van der Waals surface area contributed by atoms with E-state index in [1.165, 1.54) is 50.6 Å². The lowest BCUT2D eigenvalue weighted by atomic mass is 10.0. The Morgan fingerprint density at radius 1 is 1.07 bits per heavy atom. The molecule has 1 saturated heterocycles. The second-order valence-electron chi connectivity index (χ2n) is 8.68. The molecule has 1 amide bonds. The van der Waals surface area contributed by atoms with Crippen LogP contribution in [0.1, 0.15) is 63.4 Å². The summed E-state index contributed by atoms with van der Waals surface area (Å²) in [6.45, 7) is 3.00. The SMILES string of the molecule is Cl.O=C(CCc1cccc(OC2CCCC2)c1)N1CCC(NCC2CC2)CC1. The second kappa shape index (κ2) is 10.5. The summed E-state index contributed by atoms with van der Waals surface area (Å²) in [6, 6.07) is 8.95. The molecular formula is C23H35ClN2O2. The molecular weight excluding hydrogens is 372 g/mol. The number of ether oxygens (including phenoxy) is 1. The minimum Gasteiger partial charge on any atom is -0.490 e. The molecule has 1 N–H and O–H groups in total. The van der Waals surface area contributed by atoms with Crippen LogP contribution in [0.3, 0.4) is 0 Å². The average Bonchev–Trinajstić information content (AvgIpc) is 3.40. The molecule has 4 rings (SSSR count). The van der Waals surface area contributed by atoms with Gasteiger partial charge in [-0.25, -0.2) is 0 Å². The number of aryl methyl sites for hydroxylation is 1. The monoisotopic (exact) mass is 406 g/mol. The maximum atomic E-state index is 12.6. The largest absolute Gasteiger partial charge is 0.490 e. The zero-order chi connectivity index (χ0) is 18.5. The van der Waals surface area contributed by atoms with Crippen molar-refractivity contribution in [2.75, 3.05) is 19.6 Å². The Morgan fingerprint density at radius 2 is 1.82 bits per heavy atom. The van der Waals surface area contributed by atoms with Crippen molar-refractivity contribution in [2.45, 2.75) is 76.4 Å². The quantitative estimate of drug-likeness (QED) is 0.697. The molecule has 1 aromatic carbocycles. The van der Waals surface area contributed by atoms with Crippen LogP contribution >= 0.6 is 12.4 Å². The summed E-state index contributed by atoms with van der Waals surface area (Å²) in [7, 11) is 0.